The molecule has 0 aliphatic rings. The number of aryl methyl sites for hydroxylation is 1. The van der Waals surface area contributed by atoms with Gasteiger partial charge in [0.15, 0.2) is 0 Å². The average Bonchev–Trinajstić information content (AvgIpc) is 2.28. The van der Waals surface area contributed by atoms with Gasteiger partial charge in [-0.15, -0.1) is 0 Å². The lowest BCUT2D eigenvalue weighted by atomic mass is 10.0. The fourth-order valence-corrected chi connectivity index (χ4v) is 2.71. The van der Waals surface area contributed by atoms with Crippen LogP contribution in [0.5, 0.6) is 0 Å². The van der Waals surface area contributed by atoms with Crippen LogP contribution in [0.4, 0.5) is 0 Å². The van der Waals surface area contributed by atoms with Gasteiger partial charge in [-0.1, -0.05) is 46.9 Å². The lowest BCUT2D eigenvalue weighted by Gasteiger charge is -2.15. The van der Waals surface area contributed by atoms with Gasteiger partial charge in [-0.2, -0.15) is 0 Å². The molecule has 0 amide bonds. The molecule has 0 heterocycles. The van der Waals surface area contributed by atoms with Crippen molar-refractivity contribution >= 4 is 34.8 Å². The van der Waals surface area contributed by atoms with E-state index >= 15 is 0 Å². The van der Waals surface area contributed by atoms with Gasteiger partial charge in [0.05, 0.1) is 0 Å². The number of halogens is 3. The monoisotopic (exact) mass is 300 g/mol. The Morgan fingerprint density at radius 2 is 1.44 bits per heavy atom. The van der Waals surface area contributed by atoms with E-state index in [-0.39, 0.29) is 0 Å². The zero-order valence-electron chi connectivity index (χ0n) is 9.62. The van der Waals surface area contributed by atoms with Gasteiger partial charge in [-0.25, -0.2) is 0 Å². The number of aliphatic hydroxyl groups excluding tert-OH is 1. The Morgan fingerprint density at radius 3 is 1.94 bits per heavy atom. The maximum Gasteiger partial charge on any atom is 0.107 e. The number of hydrogen-bond acceptors (Lipinski definition) is 1. The molecule has 0 radical (unpaired) electrons. The van der Waals surface area contributed by atoms with E-state index in [1.54, 1.807) is 36.4 Å². The number of benzene rings is 2. The van der Waals surface area contributed by atoms with Crippen molar-refractivity contribution in [2.75, 3.05) is 0 Å². The molecule has 0 saturated heterocycles. The van der Waals surface area contributed by atoms with Crippen LogP contribution in [-0.2, 0) is 0 Å². The molecule has 0 aromatic heterocycles. The molecule has 1 N–H and O–H groups in total. The summed E-state index contributed by atoms with van der Waals surface area (Å²) in [5.74, 6) is 0. The first-order chi connectivity index (χ1) is 8.49. The van der Waals surface area contributed by atoms with Crippen LogP contribution in [0.1, 0.15) is 22.8 Å². The molecule has 0 saturated carbocycles. The predicted octanol–water partition coefficient (Wildman–Crippen LogP) is 5.04. The summed E-state index contributed by atoms with van der Waals surface area (Å²) in [7, 11) is 0. The fraction of sp³-hybridized carbons (Fsp3) is 0.143. The largest absolute Gasteiger partial charge is 0.384 e. The second kappa shape index (κ2) is 5.50. The maximum absolute atomic E-state index is 10.3. The second-order valence-electron chi connectivity index (χ2n) is 4.10. The Bertz CT molecular complexity index is 541. The van der Waals surface area contributed by atoms with E-state index in [0.717, 1.165) is 5.56 Å². The Morgan fingerprint density at radius 1 is 0.944 bits per heavy atom. The summed E-state index contributed by atoms with van der Waals surface area (Å²) in [4.78, 5) is 0. The first-order valence-corrected chi connectivity index (χ1v) is 6.51. The van der Waals surface area contributed by atoms with Gasteiger partial charge in [0.2, 0.25) is 0 Å². The maximum atomic E-state index is 10.3. The first kappa shape index (κ1) is 13.7. The summed E-state index contributed by atoms with van der Waals surface area (Å²) in [6, 6.07) is 10.5. The lowest BCUT2D eigenvalue weighted by molar-refractivity contribution is 0.220. The first-order valence-electron chi connectivity index (χ1n) is 5.38. The zero-order chi connectivity index (χ0) is 13.3. The van der Waals surface area contributed by atoms with Crippen LogP contribution in [0.15, 0.2) is 36.4 Å². The highest BCUT2D eigenvalue weighted by molar-refractivity contribution is 6.36. The summed E-state index contributed by atoms with van der Waals surface area (Å²) >= 11 is 18.1. The molecule has 2 rings (SSSR count). The molecule has 94 valence electrons. The van der Waals surface area contributed by atoms with Crippen LogP contribution in [0, 0.1) is 6.92 Å². The quantitative estimate of drug-likeness (QED) is 0.824. The molecule has 0 aliphatic heterocycles. The fourth-order valence-electron chi connectivity index (χ4n) is 1.78. The molecule has 1 unspecified atom stereocenters. The van der Waals surface area contributed by atoms with Crippen LogP contribution in [0.3, 0.4) is 0 Å². The molecule has 0 fully saturated rings. The van der Waals surface area contributed by atoms with E-state index in [1.807, 2.05) is 6.92 Å². The van der Waals surface area contributed by atoms with Crippen LogP contribution < -0.4 is 0 Å². The van der Waals surface area contributed by atoms with E-state index in [9.17, 15) is 5.11 Å². The Labute approximate surface area is 121 Å². The Kier molecular flexibility index (Phi) is 4.18. The molecule has 1 nitrogen and oxygen atoms in total. The molecular formula is C14H11Cl3O. The minimum absolute atomic E-state index is 0.461. The van der Waals surface area contributed by atoms with Gasteiger partial charge in [0.25, 0.3) is 0 Å². The smallest absolute Gasteiger partial charge is 0.107 e. The number of rotatable bonds is 2. The van der Waals surface area contributed by atoms with E-state index in [1.165, 1.54) is 0 Å². The molecule has 0 spiro atoms. The normalized spacial score (nSPS) is 12.5. The lowest BCUT2D eigenvalue weighted by Crippen LogP contribution is -2.01. The third kappa shape index (κ3) is 2.81. The SMILES string of the molecule is Cc1cc(Cl)c(C(O)c2ccc(Cl)cc2)c(Cl)c1. The molecular weight excluding hydrogens is 291 g/mol. The van der Waals surface area contributed by atoms with Crippen molar-refractivity contribution in [1.82, 2.24) is 0 Å². The zero-order valence-corrected chi connectivity index (χ0v) is 11.9. The standard InChI is InChI=1S/C14H11Cl3O/c1-8-6-11(16)13(12(17)7-8)14(18)9-2-4-10(15)5-3-9/h2-7,14,18H,1H3. The number of aliphatic hydroxyl groups is 1. The Balaban J connectivity index is 2.46. The molecule has 18 heavy (non-hydrogen) atoms. The molecule has 0 bridgehead atoms. The third-order valence-electron chi connectivity index (χ3n) is 2.68. The van der Waals surface area contributed by atoms with E-state index in [4.69, 9.17) is 34.8 Å². The summed E-state index contributed by atoms with van der Waals surface area (Å²) in [5.41, 5.74) is 2.18. The minimum atomic E-state index is -0.858. The predicted molar refractivity (Wildman–Crippen MR) is 76.7 cm³/mol. The van der Waals surface area contributed by atoms with Crippen molar-refractivity contribution in [3.63, 3.8) is 0 Å². The highest BCUT2D eigenvalue weighted by atomic mass is 35.5. The van der Waals surface area contributed by atoms with Crippen LogP contribution >= 0.6 is 34.8 Å². The molecule has 2 aromatic carbocycles. The van der Waals surface area contributed by atoms with Crippen molar-refractivity contribution in [2.24, 2.45) is 0 Å². The third-order valence-corrected chi connectivity index (χ3v) is 3.56. The van der Waals surface area contributed by atoms with Gasteiger partial charge in [-0.05, 0) is 42.3 Å². The number of hydrogen-bond donors (Lipinski definition) is 1. The summed E-state index contributed by atoms with van der Waals surface area (Å²) < 4.78 is 0. The van der Waals surface area contributed by atoms with Crippen molar-refractivity contribution in [3.05, 3.63) is 68.2 Å². The molecule has 1 atom stereocenters. The molecule has 4 heteroatoms. The van der Waals surface area contributed by atoms with Gasteiger partial charge in [-0.3, -0.25) is 0 Å². The van der Waals surface area contributed by atoms with Crippen LogP contribution in [-0.4, -0.2) is 5.11 Å². The van der Waals surface area contributed by atoms with Crippen LogP contribution in [0.2, 0.25) is 15.1 Å². The second-order valence-corrected chi connectivity index (χ2v) is 5.35. The van der Waals surface area contributed by atoms with Crippen LogP contribution in [0.25, 0.3) is 0 Å². The summed E-state index contributed by atoms with van der Waals surface area (Å²) in [5, 5.41) is 11.9. The van der Waals surface area contributed by atoms with Crippen molar-refractivity contribution < 1.29 is 5.11 Å². The van der Waals surface area contributed by atoms with Gasteiger partial charge in [0, 0.05) is 20.6 Å². The van der Waals surface area contributed by atoms with Crippen molar-refractivity contribution in [1.29, 1.82) is 0 Å². The van der Waals surface area contributed by atoms with Gasteiger partial charge >= 0.3 is 0 Å². The van der Waals surface area contributed by atoms with E-state index < -0.39 is 6.10 Å². The van der Waals surface area contributed by atoms with Crippen molar-refractivity contribution in [2.45, 2.75) is 13.0 Å². The highest BCUT2D eigenvalue weighted by Gasteiger charge is 2.17. The average molecular weight is 302 g/mol. The summed E-state index contributed by atoms with van der Waals surface area (Å²) in [6.45, 7) is 1.90. The van der Waals surface area contributed by atoms with E-state index in [2.05, 4.69) is 0 Å². The molecule has 0 aliphatic carbocycles. The Hall–Kier alpha value is -0.730. The topological polar surface area (TPSA) is 20.2 Å². The van der Waals surface area contributed by atoms with Crippen molar-refractivity contribution in [3.8, 4) is 0 Å². The van der Waals surface area contributed by atoms with Gasteiger partial charge < -0.3 is 5.11 Å². The van der Waals surface area contributed by atoms with E-state index in [0.29, 0.717) is 26.2 Å². The summed E-state index contributed by atoms with van der Waals surface area (Å²) in [6.07, 6.45) is -0.858. The minimum Gasteiger partial charge on any atom is -0.384 e. The molecule has 2 aromatic rings. The highest BCUT2D eigenvalue weighted by Crippen LogP contribution is 2.35. The van der Waals surface area contributed by atoms with Gasteiger partial charge in [0.1, 0.15) is 6.10 Å².